The normalized spacial score (nSPS) is 14.1. The van der Waals surface area contributed by atoms with Crippen molar-refractivity contribution >= 4 is 34.7 Å². The molecule has 0 radical (unpaired) electrons. The lowest BCUT2D eigenvalue weighted by atomic mass is 10.2. The maximum atomic E-state index is 11.7. The third-order valence-electron chi connectivity index (χ3n) is 2.64. The van der Waals surface area contributed by atoms with Crippen LogP contribution in [0.15, 0.2) is 36.5 Å². The van der Waals surface area contributed by atoms with Gasteiger partial charge in [-0.05, 0) is 23.7 Å². The molecular formula is C12H9ClN4O. The van der Waals surface area contributed by atoms with Gasteiger partial charge in [-0.2, -0.15) is 4.98 Å². The molecule has 1 N–H and O–H groups in total. The molecule has 3 rings (SSSR count). The van der Waals surface area contributed by atoms with E-state index in [4.69, 9.17) is 11.6 Å². The van der Waals surface area contributed by atoms with Crippen molar-refractivity contribution in [2.45, 2.75) is 0 Å². The van der Waals surface area contributed by atoms with E-state index in [1.165, 1.54) is 6.20 Å². The molecule has 1 aliphatic rings. The van der Waals surface area contributed by atoms with Crippen molar-refractivity contribution in [1.82, 2.24) is 9.97 Å². The molecule has 0 saturated heterocycles. The van der Waals surface area contributed by atoms with E-state index in [0.29, 0.717) is 11.5 Å². The summed E-state index contributed by atoms with van der Waals surface area (Å²) in [6, 6.07) is 9.56. The predicted octanol–water partition coefficient (Wildman–Crippen LogP) is 2.22. The van der Waals surface area contributed by atoms with Crippen LogP contribution < -0.4 is 10.2 Å². The number of carbonyl (C=O) groups excluding carboxylic acids is 1. The number of rotatable bonds is 1. The molecule has 1 amide bonds. The highest BCUT2D eigenvalue weighted by atomic mass is 35.5. The lowest BCUT2D eigenvalue weighted by molar-refractivity contribution is -0.115. The topological polar surface area (TPSA) is 58.1 Å². The van der Waals surface area contributed by atoms with Gasteiger partial charge in [-0.15, -0.1) is 0 Å². The van der Waals surface area contributed by atoms with E-state index < -0.39 is 0 Å². The van der Waals surface area contributed by atoms with Crippen molar-refractivity contribution in [3.8, 4) is 0 Å². The van der Waals surface area contributed by atoms with Gasteiger partial charge in [0.05, 0.1) is 6.20 Å². The zero-order chi connectivity index (χ0) is 12.5. The molecule has 0 atom stereocenters. The monoisotopic (exact) mass is 260 g/mol. The smallest absolute Gasteiger partial charge is 0.244 e. The molecule has 2 heterocycles. The third-order valence-corrected chi connectivity index (χ3v) is 2.82. The Labute approximate surface area is 108 Å². The standard InChI is InChI=1S/C12H9ClN4O/c13-12-14-6-9-11(16-12)17(7-10(18)15-9)8-4-2-1-3-5-8/h1-6H,7H2,(H,15,18). The Morgan fingerprint density at radius 3 is 2.83 bits per heavy atom. The summed E-state index contributed by atoms with van der Waals surface area (Å²) in [5.74, 6) is 0.512. The Morgan fingerprint density at radius 1 is 1.28 bits per heavy atom. The average molecular weight is 261 g/mol. The number of nitrogens with one attached hydrogen (secondary N) is 1. The van der Waals surface area contributed by atoms with Crippen LogP contribution >= 0.6 is 11.6 Å². The number of amides is 1. The maximum absolute atomic E-state index is 11.7. The molecule has 0 aliphatic carbocycles. The minimum Gasteiger partial charge on any atom is -0.320 e. The lowest BCUT2D eigenvalue weighted by Gasteiger charge is -2.29. The van der Waals surface area contributed by atoms with Crippen LogP contribution in [0, 0.1) is 0 Å². The summed E-state index contributed by atoms with van der Waals surface area (Å²) in [7, 11) is 0. The van der Waals surface area contributed by atoms with Gasteiger partial charge in [0, 0.05) is 5.69 Å². The van der Waals surface area contributed by atoms with E-state index >= 15 is 0 Å². The number of para-hydroxylation sites is 1. The molecule has 0 spiro atoms. The minimum absolute atomic E-state index is 0.0997. The van der Waals surface area contributed by atoms with Gasteiger partial charge in [0.25, 0.3) is 0 Å². The summed E-state index contributed by atoms with van der Waals surface area (Å²) >= 11 is 5.80. The Kier molecular flexibility index (Phi) is 2.60. The highest BCUT2D eigenvalue weighted by Gasteiger charge is 2.25. The van der Waals surface area contributed by atoms with E-state index in [9.17, 15) is 4.79 Å². The number of fused-ring (bicyclic) bond motifs is 1. The molecular weight excluding hydrogens is 252 g/mol. The average Bonchev–Trinajstić information content (AvgIpc) is 2.39. The Balaban J connectivity index is 2.12. The highest BCUT2D eigenvalue weighted by molar-refractivity contribution is 6.28. The van der Waals surface area contributed by atoms with E-state index in [0.717, 1.165) is 5.69 Å². The molecule has 1 aliphatic heterocycles. The fourth-order valence-corrected chi connectivity index (χ4v) is 2.00. The molecule has 90 valence electrons. The van der Waals surface area contributed by atoms with Crippen molar-refractivity contribution in [2.75, 3.05) is 16.8 Å². The first-order valence-electron chi connectivity index (χ1n) is 5.39. The van der Waals surface area contributed by atoms with Crippen LogP contribution in [0.2, 0.25) is 5.28 Å². The SMILES string of the molecule is O=C1CN(c2ccccc2)c2nc(Cl)ncc2N1. The second kappa shape index (κ2) is 4.27. The van der Waals surface area contributed by atoms with Crippen molar-refractivity contribution in [3.05, 3.63) is 41.8 Å². The van der Waals surface area contributed by atoms with Crippen LogP contribution in [0.5, 0.6) is 0 Å². The lowest BCUT2D eigenvalue weighted by Crippen LogP contribution is -2.35. The fraction of sp³-hybridized carbons (Fsp3) is 0.0833. The molecule has 6 heteroatoms. The molecule has 0 unspecified atom stereocenters. The van der Waals surface area contributed by atoms with Crippen LogP contribution in [0.1, 0.15) is 0 Å². The summed E-state index contributed by atoms with van der Waals surface area (Å²) in [6.07, 6.45) is 1.51. The number of hydrogen-bond acceptors (Lipinski definition) is 4. The predicted molar refractivity (Wildman–Crippen MR) is 69.1 cm³/mol. The van der Waals surface area contributed by atoms with Gasteiger partial charge in [0.2, 0.25) is 11.2 Å². The largest absolute Gasteiger partial charge is 0.320 e. The first-order valence-corrected chi connectivity index (χ1v) is 5.77. The van der Waals surface area contributed by atoms with Crippen molar-refractivity contribution < 1.29 is 4.79 Å². The summed E-state index contributed by atoms with van der Waals surface area (Å²) in [4.78, 5) is 21.5. The summed E-state index contributed by atoms with van der Waals surface area (Å²) < 4.78 is 0. The number of anilines is 3. The quantitative estimate of drug-likeness (QED) is 0.799. The molecule has 0 saturated carbocycles. The van der Waals surface area contributed by atoms with Crippen molar-refractivity contribution in [1.29, 1.82) is 0 Å². The zero-order valence-corrected chi connectivity index (χ0v) is 10.1. The molecule has 2 aromatic rings. The number of aromatic nitrogens is 2. The van der Waals surface area contributed by atoms with Gasteiger partial charge < -0.3 is 10.2 Å². The van der Waals surface area contributed by atoms with Gasteiger partial charge in [0.15, 0.2) is 5.82 Å². The third kappa shape index (κ3) is 1.89. The fourth-order valence-electron chi connectivity index (χ4n) is 1.88. The Hall–Kier alpha value is -2.14. The molecule has 1 aromatic carbocycles. The van der Waals surface area contributed by atoms with E-state index in [2.05, 4.69) is 15.3 Å². The van der Waals surface area contributed by atoms with Gasteiger partial charge in [-0.1, -0.05) is 18.2 Å². The number of carbonyl (C=O) groups is 1. The van der Waals surface area contributed by atoms with Crippen LogP contribution in [-0.4, -0.2) is 22.4 Å². The summed E-state index contributed by atoms with van der Waals surface area (Å²) in [6.45, 7) is 0.213. The van der Waals surface area contributed by atoms with Crippen LogP contribution in [-0.2, 0) is 4.79 Å². The number of hydrogen-bond donors (Lipinski definition) is 1. The summed E-state index contributed by atoms with van der Waals surface area (Å²) in [5.41, 5.74) is 1.46. The zero-order valence-electron chi connectivity index (χ0n) is 9.30. The molecule has 18 heavy (non-hydrogen) atoms. The number of nitrogens with zero attached hydrogens (tertiary/aromatic N) is 3. The molecule has 0 fully saturated rings. The van der Waals surface area contributed by atoms with Gasteiger partial charge in [-0.3, -0.25) is 4.79 Å². The van der Waals surface area contributed by atoms with Gasteiger partial charge in [-0.25, -0.2) is 4.98 Å². The highest BCUT2D eigenvalue weighted by Crippen LogP contribution is 2.32. The maximum Gasteiger partial charge on any atom is 0.244 e. The van der Waals surface area contributed by atoms with E-state index in [1.54, 1.807) is 0 Å². The first kappa shape index (κ1) is 11.0. The van der Waals surface area contributed by atoms with E-state index in [-0.39, 0.29) is 17.7 Å². The van der Waals surface area contributed by atoms with Crippen LogP contribution in [0.25, 0.3) is 0 Å². The number of benzene rings is 1. The summed E-state index contributed by atoms with van der Waals surface area (Å²) in [5, 5.41) is 2.88. The van der Waals surface area contributed by atoms with Gasteiger partial charge in [0.1, 0.15) is 12.2 Å². The Morgan fingerprint density at radius 2 is 2.06 bits per heavy atom. The van der Waals surface area contributed by atoms with Crippen molar-refractivity contribution in [2.24, 2.45) is 0 Å². The first-order chi connectivity index (χ1) is 8.74. The second-order valence-corrected chi connectivity index (χ2v) is 4.18. The second-order valence-electron chi connectivity index (χ2n) is 3.85. The molecule has 0 bridgehead atoms. The minimum atomic E-state index is -0.0997. The Bertz CT molecular complexity index is 602. The van der Waals surface area contributed by atoms with E-state index in [1.807, 2.05) is 35.2 Å². The van der Waals surface area contributed by atoms with Crippen LogP contribution in [0.4, 0.5) is 17.2 Å². The van der Waals surface area contributed by atoms with Gasteiger partial charge >= 0.3 is 0 Å². The van der Waals surface area contributed by atoms with Crippen LogP contribution in [0.3, 0.4) is 0 Å². The van der Waals surface area contributed by atoms with Crippen molar-refractivity contribution in [3.63, 3.8) is 0 Å². The number of halogens is 1. The molecule has 5 nitrogen and oxygen atoms in total. The molecule has 1 aromatic heterocycles.